The van der Waals surface area contributed by atoms with Crippen LogP contribution in [0.5, 0.6) is 0 Å². The van der Waals surface area contributed by atoms with Crippen LogP contribution in [0.4, 0.5) is 5.82 Å². The molecule has 5 heterocycles. The molecule has 0 bridgehead atoms. The first kappa shape index (κ1) is 23.1. The van der Waals surface area contributed by atoms with Crippen LogP contribution in [0.1, 0.15) is 74.4 Å². The van der Waals surface area contributed by atoms with Gasteiger partial charge in [-0.1, -0.05) is 32.8 Å². The summed E-state index contributed by atoms with van der Waals surface area (Å²) in [6.07, 6.45) is 15.1. The molecule has 0 N–H and O–H groups in total. The average molecular weight is 481 g/mol. The fourth-order valence-corrected chi connectivity index (χ4v) is 6.13. The molecule has 1 spiro atoms. The van der Waals surface area contributed by atoms with E-state index in [9.17, 15) is 0 Å². The van der Waals surface area contributed by atoms with Crippen molar-refractivity contribution in [2.45, 2.75) is 65.2 Å². The van der Waals surface area contributed by atoms with E-state index in [0.717, 1.165) is 60.3 Å². The first-order chi connectivity index (χ1) is 17.5. The molecule has 0 amide bonds. The lowest BCUT2D eigenvalue weighted by atomic mass is 9.86. The molecule has 6 nitrogen and oxygen atoms in total. The zero-order valence-corrected chi connectivity index (χ0v) is 21.5. The smallest absolute Gasteiger partial charge is 0.136 e. The fourth-order valence-electron chi connectivity index (χ4n) is 6.13. The normalized spacial score (nSPS) is 17.1. The molecule has 36 heavy (non-hydrogen) atoms. The number of hydrogen-bond acceptors (Lipinski definition) is 5. The number of rotatable bonds is 7. The second-order valence-corrected chi connectivity index (χ2v) is 11.3. The van der Waals surface area contributed by atoms with E-state index in [4.69, 9.17) is 15.0 Å². The van der Waals surface area contributed by atoms with Gasteiger partial charge >= 0.3 is 0 Å². The molecule has 6 heteroatoms. The van der Waals surface area contributed by atoms with Gasteiger partial charge in [-0.25, -0.2) is 15.0 Å². The molecule has 2 aliphatic rings. The molecule has 4 aromatic rings. The van der Waals surface area contributed by atoms with Gasteiger partial charge in [0.25, 0.3) is 0 Å². The summed E-state index contributed by atoms with van der Waals surface area (Å²) >= 11 is 0. The first-order valence-electron chi connectivity index (χ1n) is 13.5. The largest absolute Gasteiger partial charge is 0.356 e. The monoisotopic (exact) mass is 480 g/mol. The molecule has 1 aliphatic carbocycles. The zero-order chi connectivity index (χ0) is 24.5. The Morgan fingerprint density at radius 1 is 0.889 bits per heavy atom. The minimum atomic E-state index is 0.504. The number of imidazole rings is 1. The van der Waals surface area contributed by atoms with E-state index in [-0.39, 0.29) is 0 Å². The summed E-state index contributed by atoms with van der Waals surface area (Å²) in [5, 5.41) is 0. The number of pyridine rings is 2. The number of aromatic nitrogens is 5. The summed E-state index contributed by atoms with van der Waals surface area (Å²) in [4.78, 5) is 22.0. The molecule has 186 valence electrons. The van der Waals surface area contributed by atoms with E-state index in [1.54, 1.807) is 0 Å². The van der Waals surface area contributed by atoms with Gasteiger partial charge < -0.3 is 9.30 Å². The van der Waals surface area contributed by atoms with Crippen molar-refractivity contribution >= 4 is 11.5 Å². The van der Waals surface area contributed by atoms with Gasteiger partial charge in [0.15, 0.2) is 0 Å². The first-order valence-corrected chi connectivity index (χ1v) is 13.5. The Hall–Kier alpha value is -3.28. The van der Waals surface area contributed by atoms with Crippen molar-refractivity contribution in [2.24, 2.45) is 11.3 Å². The van der Waals surface area contributed by atoms with Crippen molar-refractivity contribution in [2.75, 3.05) is 18.0 Å². The quantitative estimate of drug-likeness (QED) is 0.341. The van der Waals surface area contributed by atoms with E-state index in [1.165, 1.54) is 37.7 Å². The van der Waals surface area contributed by atoms with Gasteiger partial charge in [0.05, 0.1) is 12.1 Å². The van der Waals surface area contributed by atoms with Gasteiger partial charge in [0.1, 0.15) is 17.3 Å². The Kier molecular flexibility index (Phi) is 6.20. The van der Waals surface area contributed by atoms with Crippen molar-refractivity contribution in [1.82, 2.24) is 24.3 Å². The molecule has 1 aliphatic heterocycles. The maximum absolute atomic E-state index is 5.10. The highest BCUT2D eigenvalue weighted by molar-refractivity contribution is 5.45. The van der Waals surface area contributed by atoms with Gasteiger partial charge in [-0.15, -0.1) is 0 Å². The van der Waals surface area contributed by atoms with E-state index in [1.807, 2.05) is 16.8 Å². The summed E-state index contributed by atoms with van der Waals surface area (Å²) < 4.78 is 2.04. The molecule has 0 aromatic carbocycles. The summed E-state index contributed by atoms with van der Waals surface area (Å²) in [5.41, 5.74) is 5.95. The van der Waals surface area contributed by atoms with Crippen LogP contribution < -0.4 is 4.90 Å². The molecule has 0 atom stereocenters. The summed E-state index contributed by atoms with van der Waals surface area (Å²) in [6.45, 7) is 6.70. The molecule has 4 aromatic heterocycles. The molecule has 1 saturated carbocycles. The number of anilines is 1. The Morgan fingerprint density at radius 2 is 1.75 bits per heavy atom. The van der Waals surface area contributed by atoms with E-state index < -0.39 is 0 Å². The molecule has 0 unspecified atom stereocenters. The number of fused-ring (bicyclic) bond motifs is 1. The number of nitrogens with zero attached hydrogens (tertiary/aromatic N) is 6. The van der Waals surface area contributed by atoms with E-state index >= 15 is 0 Å². The molecule has 0 radical (unpaired) electrons. The minimum absolute atomic E-state index is 0.504. The van der Waals surface area contributed by atoms with E-state index in [2.05, 4.69) is 66.3 Å². The molecule has 6 rings (SSSR count). The summed E-state index contributed by atoms with van der Waals surface area (Å²) in [6, 6.07) is 12.9. The summed E-state index contributed by atoms with van der Waals surface area (Å²) in [5.74, 6) is 2.54. The van der Waals surface area contributed by atoms with Crippen LogP contribution in [0, 0.1) is 11.3 Å². The highest BCUT2D eigenvalue weighted by Gasteiger charge is 2.40. The van der Waals surface area contributed by atoms with Crippen molar-refractivity contribution in [3.8, 4) is 0 Å². The van der Waals surface area contributed by atoms with Gasteiger partial charge in [0.2, 0.25) is 0 Å². The van der Waals surface area contributed by atoms with Crippen molar-refractivity contribution in [3.63, 3.8) is 0 Å². The molecule has 2 fully saturated rings. The molecular formula is C30H36N6. The van der Waals surface area contributed by atoms with Crippen LogP contribution >= 0.6 is 0 Å². The van der Waals surface area contributed by atoms with Gasteiger partial charge in [0, 0.05) is 55.6 Å². The van der Waals surface area contributed by atoms with Crippen LogP contribution in [0.2, 0.25) is 0 Å². The lowest BCUT2D eigenvalue weighted by Gasteiger charge is -2.24. The average Bonchev–Trinajstić information content (AvgIpc) is 3.61. The Morgan fingerprint density at radius 3 is 2.61 bits per heavy atom. The lowest BCUT2D eigenvalue weighted by molar-refractivity contribution is 0.340. The fraction of sp³-hybridized carbons (Fsp3) is 0.467. The van der Waals surface area contributed by atoms with Crippen LogP contribution in [0.3, 0.4) is 0 Å². The minimum Gasteiger partial charge on any atom is -0.356 e. The number of hydrogen-bond donors (Lipinski definition) is 0. The third kappa shape index (κ3) is 4.99. The van der Waals surface area contributed by atoms with Gasteiger partial charge in [-0.3, -0.25) is 4.98 Å². The van der Waals surface area contributed by atoms with E-state index in [0.29, 0.717) is 17.8 Å². The summed E-state index contributed by atoms with van der Waals surface area (Å²) in [7, 11) is 0. The van der Waals surface area contributed by atoms with Crippen molar-refractivity contribution in [1.29, 1.82) is 0 Å². The SMILES string of the molecule is CC(C)Cc1cccc(Cc2nc(Cc3ccn4ccnc4c3)cc(N3CCC4(CCCC4)C3)n2)n1. The van der Waals surface area contributed by atoms with Gasteiger partial charge in [-0.05, 0) is 66.8 Å². The topological polar surface area (TPSA) is 59.2 Å². The van der Waals surface area contributed by atoms with Crippen LogP contribution in [-0.2, 0) is 19.3 Å². The lowest BCUT2D eigenvalue weighted by Crippen LogP contribution is -2.26. The third-order valence-corrected chi connectivity index (χ3v) is 7.91. The maximum atomic E-state index is 5.10. The Balaban J connectivity index is 1.30. The predicted octanol–water partition coefficient (Wildman–Crippen LogP) is 5.67. The van der Waals surface area contributed by atoms with Crippen LogP contribution in [-0.4, -0.2) is 37.4 Å². The van der Waals surface area contributed by atoms with Gasteiger partial charge in [-0.2, -0.15) is 0 Å². The molecular weight excluding hydrogens is 444 g/mol. The van der Waals surface area contributed by atoms with Crippen LogP contribution in [0.15, 0.2) is 55.0 Å². The van der Waals surface area contributed by atoms with Crippen molar-refractivity contribution in [3.05, 3.63) is 83.5 Å². The van der Waals surface area contributed by atoms with Crippen molar-refractivity contribution < 1.29 is 0 Å². The maximum Gasteiger partial charge on any atom is 0.136 e. The second kappa shape index (κ2) is 9.64. The molecule has 1 saturated heterocycles. The second-order valence-electron chi connectivity index (χ2n) is 11.3. The highest BCUT2D eigenvalue weighted by atomic mass is 15.2. The zero-order valence-electron chi connectivity index (χ0n) is 21.5. The van der Waals surface area contributed by atoms with Crippen LogP contribution in [0.25, 0.3) is 5.65 Å². The third-order valence-electron chi connectivity index (χ3n) is 7.91. The Bertz CT molecular complexity index is 1350. The predicted molar refractivity (Wildman–Crippen MR) is 143 cm³/mol. The highest BCUT2D eigenvalue weighted by Crippen LogP contribution is 2.46. The Labute approximate surface area is 213 Å². The standard InChI is InChI=1S/C30H36N6/c1-22(2)16-24-6-5-7-25(32-24)19-27-33-26(17-23-8-13-35-15-12-31-28(35)18-23)20-29(34-27)36-14-11-30(21-36)9-3-4-10-30/h5-8,12-13,15,18,20,22H,3-4,9-11,14,16-17,19,21H2,1-2H3.